The smallest absolute Gasteiger partial charge is 0.0343 e. The molecule has 0 fully saturated rings. The SMILES string of the molecule is CCCCCCCCC#Cc1ccc2sccc2c1. The van der Waals surface area contributed by atoms with Crippen LogP contribution in [0.15, 0.2) is 29.6 Å². The van der Waals surface area contributed by atoms with Crippen LogP contribution in [0.25, 0.3) is 10.1 Å². The van der Waals surface area contributed by atoms with E-state index in [4.69, 9.17) is 0 Å². The highest BCUT2D eigenvalue weighted by Crippen LogP contribution is 2.21. The van der Waals surface area contributed by atoms with Crippen molar-refractivity contribution in [1.29, 1.82) is 0 Å². The molecule has 0 aliphatic rings. The highest BCUT2D eigenvalue weighted by Gasteiger charge is 1.94. The molecule has 0 nitrogen and oxygen atoms in total. The van der Waals surface area contributed by atoms with Gasteiger partial charge in [-0.2, -0.15) is 0 Å². The lowest BCUT2D eigenvalue weighted by molar-refractivity contribution is 0.614. The third-order valence-corrected chi connectivity index (χ3v) is 4.24. The molecule has 2 aromatic rings. The minimum Gasteiger partial charge on any atom is -0.144 e. The van der Waals surface area contributed by atoms with Gasteiger partial charge in [0.05, 0.1) is 0 Å². The summed E-state index contributed by atoms with van der Waals surface area (Å²) in [6, 6.07) is 8.67. The summed E-state index contributed by atoms with van der Waals surface area (Å²) < 4.78 is 1.35. The minimum atomic E-state index is 1.04. The van der Waals surface area contributed by atoms with Crippen molar-refractivity contribution in [2.45, 2.75) is 51.9 Å². The summed E-state index contributed by atoms with van der Waals surface area (Å²) in [7, 11) is 0. The van der Waals surface area contributed by atoms with Crippen LogP contribution in [0.3, 0.4) is 0 Å². The number of hydrogen-bond donors (Lipinski definition) is 0. The average Bonchev–Trinajstić information content (AvgIpc) is 2.89. The fourth-order valence-electron chi connectivity index (χ4n) is 2.20. The Balaban J connectivity index is 1.73. The lowest BCUT2D eigenvalue weighted by Crippen LogP contribution is -1.78. The lowest BCUT2D eigenvalue weighted by atomic mass is 10.1. The number of hydrogen-bond acceptors (Lipinski definition) is 1. The van der Waals surface area contributed by atoms with Crippen molar-refractivity contribution in [2.75, 3.05) is 0 Å². The molecule has 1 aromatic heterocycles. The zero-order valence-electron chi connectivity index (χ0n) is 11.7. The summed E-state index contributed by atoms with van der Waals surface area (Å²) in [4.78, 5) is 0. The molecule has 100 valence electrons. The predicted molar refractivity (Wildman–Crippen MR) is 86.7 cm³/mol. The molecule has 0 unspecified atom stereocenters. The van der Waals surface area contributed by atoms with Crippen molar-refractivity contribution >= 4 is 21.4 Å². The molecule has 1 aromatic carbocycles. The van der Waals surface area contributed by atoms with Crippen LogP contribution in [0.5, 0.6) is 0 Å². The molecule has 1 heterocycles. The second-order valence-corrected chi connectivity index (χ2v) is 5.94. The van der Waals surface area contributed by atoms with Crippen molar-refractivity contribution in [1.82, 2.24) is 0 Å². The van der Waals surface area contributed by atoms with Gasteiger partial charge in [0, 0.05) is 16.7 Å². The Hall–Kier alpha value is -1.26. The van der Waals surface area contributed by atoms with E-state index in [1.165, 1.54) is 48.6 Å². The van der Waals surface area contributed by atoms with Gasteiger partial charge in [-0.1, -0.05) is 50.9 Å². The molecule has 0 N–H and O–H groups in total. The maximum Gasteiger partial charge on any atom is 0.0343 e. The summed E-state index contributed by atoms with van der Waals surface area (Å²) in [5.74, 6) is 6.59. The Morgan fingerprint density at radius 2 is 1.84 bits per heavy atom. The first kappa shape index (κ1) is 14.2. The first-order valence-corrected chi connectivity index (χ1v) is 8.24. The molecule has 0 atom stereocenters. The molecule has 0 bridgehead atoms. The van der Waals surface area contributed by atoms with Gasteiger partial charge in [-0.3, -0.25) is 0 Å². The van der Waals surface area contributed by atoms with Crippen molar-refractivity contribution in [3.05, 3.63) is 35.2 Å². The van der Waals surface area contributed by atoms with Gasteiger partial charge in [0.25, 0.3) is 0 Å². The van der Waals surface area contributed by atoms with Crippen LogP contribution in [0.2, 0.25) is 0 Å². The Bertz CT molecular complexity index is 554. The highest BCUT2D eigenvalue weighted by atomic mass is 32.1. The molecule has 19 heavy (non-hydrogen) atoms. The molecule has 0 aliphatic carbocycles. The van der Waals surface area contributed by atoms with E-state index in [9.17, 15) is 0 Å². The average molecular weight is 270 g/mol. The molecule has 0 radical (unpaired) electrons. The third-order valence-electron chi connectivity index (χ3n) is 3.34. The monoisotopic (exact) mass is 270 g/mol. The van der Waals surface area contributed by atoms with E-state index < -0.39 is 0 Å². The van der Waals surface area contributed by atoms with Crippen LogP contribution in [-0.2, 0) is 0 Å². The fraction of sp³-hybridized carbons (Fsp3) is 0.444. The molecule has 2 rings (SSSR count). The summed E-state index contributed by atoms with van der Waals surface area (Å²) in [6.45, 7) is 2.26. The normalized spacial score (nSPS) is 10.4. The zero-order valence-corrected chi connectivity index (χ0v) is 12.6. The van der Waals surface area contributed by atoms with Gasteiger partial charge in [-0.25, -0.2) is 0 Å². The first-order chi connectivity index (χ1) is 9.40. The van der Waals surface area contributed by atoms with Gasteiger partial charge in [0.1, 0.15) is 0 Å². The lowest BCUT2D eigenvalue weighted by Gasteiger charge is -1.96. The second-order valence-electron chi connectivity index (χ2n) is 4.99. The predicted octanol–water partition coefficient (Wildman–Crippen LogP) is 6.00. The summed E-state index contributed by atoms with van der Waals surface area (Å²) in [5.41, 5.74) is 1.15. The first-order valence-electron chi connectivity index (χ1n) is 7.36. The van der Waals surface area contributed by atoms with Crippen LogP contribution in [0.4, 0.5) is 0 Å². The van der Waals surface area contributed by atoms with Crippen LogP contribution in [0, 0.1) is 11.8 Å². The van der Waals surface area contributed by atoms with E-state index >= 15 is 0 Å². The Morgan fingerprint density at radius 1 is 1.00 bits per heavy atom. The molecule has 0 amide bonds. The maximum absolute atomic E-state index is 3.30. The number of thiophene rings is 1. The number of fused-ring (bicyclic) bond motifs is 1. The molecular formula is C18H22S. The van der Waals surface area contributed by atoms with Gasteiger partial charge >= 0.3 is 0 Å². The van der Waals surface area contributed by atoms with Crippen LogP contribution < -0.4 is 0 Å². The fourth-order valence-corrected chi connectivity index (χ4v) is 2.97. The topological polar surface area (TPSA) is 0 Å². The summed E-state index contributed by atoms with van der Waals surface area (Å²) >= 11 is 1.79. The van der Waals surface area contributed by atoms with Gasteiger partial charge in [0.15, 0.2) is 0 Å². The molecule has 0 spiro atoms. The van der Waals surface area contributed by atoms with Crippen LogP contribution in [0.1, 0.15) is 57.4 Å². The minimum absolute atomic E-state index is 1.04. The maximum atomic E-state index is 3.30. The Kier molecular flexibility index (Phi) is 5.98. The largest absolute Gasteiger partial charge is 0.144 e. The van der Waals surface area contributed by atoms with Gasteiger partial charge < -0.3 is 0 Å². The highest BCUT2D eigenvalue weighted by molar-refractivity contribution is 7.17. The standard InChI is InChI=1S/C18H22S/c1-2-3-4-5-6-7-8-9-10-16-11-12-18-17(15-16)13-14-19-18/h11-15H,2-8H2,1H3. The molecule has 1 heteroatoms. The van der Waals surface area contributed by atoms with Gasteiger partial charge in [-0.05, 0) is 41.5 Å². The number of unbranched alkanes of at least 4 members (excludes halogenated alkanes) is 6. The number of benzene rings is 1. The van der Waals surface area contributed by atoms with Crippen LogP contribution in [-0.4, -0.2) is 0 Å². The third kappa shape index (κ3) is 4.73. The van der Waals surface area contributed by atoms with Crippen LogP contribution >= 0.6 is 11.3 Å². The summed E-state index contributed by atoms with van der Waals surface area (Å²) in [6.07, 6.45) is 9.08. The molecule has 0 saturated carbocycles. The van der Waals surface area contributed by atoms with E-state index in [0.717, 1.165) is 12.0 Å². The van der Waals surface area contributed by atoms with E-state index in [2.05, 4.69) is 48.4 Å². The molecular weight excluding hydrogens is 248 g/mol. The van der Waals surface area contributed by atoms with Gasteiger partial charge in [0.2, 0.25) is 0 Å². The summed E-state index contributed by atoms with van der Waals surface area (Å²) in [5, 5.41) is 3.45. The van der Waals surface area contributed by atoms with E-state index in [1.54, 1.807) is 11.3 Å². The quantitative estimate of drug-likeness (QED) is 0.446. The molecule has 0 saturated heterocycles. The van der Waals surface area contributed by atoms with Crippen molar-refractivity contribution in [2.24, 2.45) is 0 Å². The number of rotatable bonds is 6. The van der Waals surface area contributed by atoms with Crippen molar-refractivity contribution in [3.8, 4) is 11.8 Å². The van der Waals surface area contributed by atoms with E-state index in [1.807, 2.05) is 0 Å². The van der Waals surface area contributed by atoms with E-state index in [0.29, 0.717) is 0 Å². The Morgan fingerprint density at radius 3 is 2.74 bits per heavy atom. The van der Waals surface area contributed by atoms with E-state index in [-0.39, 0.29) is 0 Å². The Labute approximate surface area is 120 Å². The van der Waals surface area contributed by atoms with Crippen molar-refractivity contribution < 1.29 is 0 Å². The molecule has 0 aliphatic heterocycles. The van der Waals surface area contributed by atoms with Crippen molar-refractivity contribution in [3.63, 3.8) is 0 Å². The van der Waals surface area contributed by atoms with Gasteiger partial charge in [-0.15, -0.1) is 11.3 Å². The zero-order chi connectivity index (χ0) is 13.3. The second kappa shape index (κ2) is 8.02.